The third-order valence-corrected chi connectivity index (χ3v) is 2.42. The fourth-order valence-corrected chi connectivity index (χ4v) is 1.38. The molecule has 6 heteroatoms. The molecule has 3 nitrogen and oxygen atoms in total. The number of halogens is 3. The lowest BCUT2D eigenvalue weighted by atomic mass is 9.98. The Morgan fingerprint density at radius 2 is 1.89 bits per heavy atom. The molecular formula is C12H11F3O3. The van der Waals surface area contributed by atoms with Crippen LogP contribution in [0.15, 0.2) is 24.3 Å². The number of carbonyl (C=O) groups excluding carboxylic acids is 2. The van der Waals surface area contributed by atoms with Crippen LogP contribution >= 0.6 is 0 Å². The molecule has 0 aromatic heterocycles. The van der Waals surface area contributed by atoms with Gasteiger partial charge in [-0.2, -0.15) is 13.2 Å². The van der Waals surface area contributed by atoms with Gasteiger partial charge in [0.15, 0.2) is 5.78 Å². The van der Waals surface area contributed by atoms with E-state index in [1.54, 1.807) is 0 Å². The predicted octanol–water partition coefficient (Wildman–Crippen LogP) is 2.70. The molecule has 0 saturated carbocycles. The van der Waals surface area contributed by atoms with Crippen molar-refractivity contribution in [3.8, 4) is 0 Å². The minimum atomic E-state index is -4.52. The SMILES string of the molecule is COC(=O)C(C)C(=O)c1cccc(C(F)(F)F)c1. The molecule has 18 heavy (non-hydrogen) atoms. The second-order valence-corrected chi connectivity index (χ2v) is 3.69. The summed E-state index contributed by atoms with van der Waals surface area (Å²) >= 11 is 0. The van der Waals surface area contributed by atoms with Crippen molar-refractivity contribution in [2.75, 3.05) is 7.11 Å². The van der Waals surface area contributed by atoms with Gasteiger partial charge in [-0.25, -0.2) is 0 Å². The maximum Gasteiger partial charge on any atom is 0.416 e. The van der Waals surface area contributed by atoms with E-state index >= 15 is 0 Å². The lowest BCUT2D eigenvalue weighted by Gasteiger charge is -2.10. The van der Waals surface area contributed by atoms with Crippen molar-refractivity contribution >= 4 is 11.8 Å². The molecule has 0 bridgehead atoms. The van der Waals surface area contributed by atoms with E-state index in [0.717, 1.165) is 25.3 Å². The van der Waals surface area contributed by atoms with Gasteiger partial charge in [0, 0.05) is 5.56 Å². The van der Waals surface area contributed by atoms with Crippen molar-refractivity contribution in [3.05, 3.63) is 35.4 Å². The normalized spacial score (nSPS) is 12.9. The smallest absolute Gasteiger partial charge is 0.416 e. The number of carbonyl (C=O) groups is 2. The topological polar surface area (TPSA) is 43.4 Å². The number of ether oxygens (including phenoxy) is 1. The van der Waals surface area contributed by atoms with Gasteiger partial charge in [-0.05, 0) is 19.1 Å². The second-order valence-electron chi connectivity index (χ2n) is 3.69. The van der Waals surface area contributed by atoms with Gasteiger partial charge in [0.1, 0.15) is 5.92 Å². The quantitative estimate of drug-likeness (QED) is 0.476. The van der Waals surface area contributed by atoms with Gasteiger partial charge in [-0.3, -0.25) is 9.59 Å². The Morgan fingerprint density at radius 1 is 1.28 bits per heavy atom. The highest BCUT2D eigenvalue weighted by Crippen LogP contribution is 2.30. The van der Waals surface area contributed by atoms with Crippen molar-refractivity contribution in [1.29, 1.82) is 0 Å². The lowest BCUT2D eigenvalue weighted by Crippen LogP contribution is -2.22. The summed E-state index contributed by atoms with van der Waals surface area (Å²) in [4.78, 5) is 22.9. The van der Waals surface area contributed by atoms with Gasteiger partial charge >= 0.3 is 12.1 Å². The van der Waals surface area contributed by atoms with E-state index in [9.17, 15) is 22.8 Å². The van der Waals surface area contributed by atoms with Crippen LogP contribution in [0.2, 0.25) is 0 Å². The number of methoxy groups -OCH3 is 1. The van der Waals surface area contributed by atoms with Crippen LogP contribution in [0, 0.1) is 5.92 Å². The Balaban J connectivity index is 3.04. The van der Waals surface area contributed by atoms with E-state index in [-0.39, 0.29) is 5.56 Å². The Bertz CT molecular complexity index is 466. The first kappa shape index (κ1) is 14.2. The lowest BCUT2D eigenvalue weighted by molar-refractivity contribution is -0.143. The minimum absolute atomic E-state index is 0.164. The number of alkyl halides is 3. The van der Waals surface area contributed by atoms with E-state index in [1.807, 2.05) is 0 Å². The molecule has 0 aliphatic heterocycles. The molecule has 1 unspecified atom stereocenters. The summed E-state index contributed by atoms with van der Waals surface area (Å²) in [7, 11) is 1.11. The van der Waals surface area contributed by atoms with E-state index < -0.39 is 29.4 Å². The Morgan fingerprint density at radius 3 is 2.39 bits per heavy atom. The highest BCUT2D eigenvalue weighted by molar-refractivity contribution is 6.08. The number of ketones is 1. The molecule has 1 atom stereocenters. The molecule has 0 saturated heterocycles. The molecule has 0 spiro atoms. The summed E-state index contributed by atoms with van der Waals surface area (Å²) < 4.78 is 41.7. The molecule has 1 aromatic rings. The number of hydrogen-bond acceptors (Lipinski definition) is 3. The molecule has 0 amide bonds. The molecule has 0 radical (unpaired) electrons. The van der Waals surface area contributed by atoms with Crippen LogP contribution in [0.4, 0.5) is 13.2 Å². The summed E-state index contributed by atoms with van der Waals surface area (Å²) in [6.45, 7) is 1.29. The van der Waals surface area contributed by atoms with Gasteiger partial charge < -0.3 is 4.74 Å². The van der Waals surface area contributed by atoms with Crippen LogP contribution in [0.1, 0.15) is 22.8 Å². The summed E-state index contributed by atoms with van der Waals surface area (Å²) in [5.41, 5.74) is -1.09. The van der Waals surface area contributed by atoms with Crippen LogP contribution in [-0.4, -0.2) is 18.9 Å². The van der Waals surface area contributed by atoms with Crippen LogP contribution in [-0.2, 0) is 15.7 Å². The first-order chi connectivity index (χ1) is 8.27. The molecule has 1 rings (SSSR count). The van der Waals surface area contributed by atoms with E-state index in [4.69, 9.17) is 0 Å². The zero-order chi connectivity index (χ0) is 13.9. The van der Waals surface area contributed by atoms with E-state index in [0.29, 0.717) is 0 Å². The second kappa shape index (κ2) is 5.20. The molecule has 0 aliphatic rings. The number of hydrogen-bond donors (Lipinski definition) is 0. The van der Waals surface area contributed by atoms with Gasteiger partial charge in [0.05, 0.1) is 12.7 Å². The highest BCUT2D eigenvalue weighted by atomic mass is 19.4. The summed E-state index contributed by atoms with van der Waals surface area (Å²) in [6.07, 6.45) is -4.52. The van der Waals surface area contributed by atoms with Crippen molar-refractivity contribution in [3.63, 3.8) is 0 Å². The highest BCUT2D eigenvalue weighted by Gasteiger charge is 2.32. The van der Waals surface area contributed by atoms with Crippen LogP contribution in [0.5, 0.6) is 0 Å². The minimum Gasteiger partial charge on any atom is -0.468 e. The van der Waals surface area contributed by atoms with Crippen molar-refractivity contribution < 1.29 is 27.5 Å². The largest absolute Gasteiger partial charge is 0.468 e. The van der Waals surface area contributed by atoms with Crippen molar-refractivity contribution in [1.82, 2.24) is 0 Å². The maximum atomic E-state index is 12.5. The van der Waals surface area contributed by atoms with E-state index in [2.05, 4.69) is 4.74 Å². The maximum absolute atomic E-state index is 12.5. The Hall–Kier alpha value is -1.85. The summed E-state index contributed by atoms with van der Waals surface area (Å²) in [6, 6.07) is 3.94. The van der Waals surface area contributed by atoms with Crippen molar-refractivity contribution in [2.45, 2.75) is 13.1 Å². The molecule has 0 fully saturated rings. The molecular weight excluding hydrogens is 249 g/mol. The van der Waals surface area contributed by atoms with Gasteiger partial charge in [0.2, 0.25) is 0 Å². The number of benzene rings is 1. The third-order valence-electron chi connectivity index (χ3n) is 2.42. The first-order valence-corrected chi connectivity index (χ1v) is 5.06. The molecule has 98 valence electrons. The number of esters is 1. The van der Waals surface area contributed by atoms with Crippen LogP contribution in [0.3, 0.4) is 0 Å². The zero-order valence-corrected chi connectivity index (χ0v) is 9.75. The fourth-order valence-electron chi connectivity index (χ4n) is 1.38. The average molecular weight is 260 g/mol. The average Bonchev–Trinajstić information content (AvgIpc) is 2.35. The van der Waals surface area contributed by atoms with E-state index in [1.165, 1.54) is 13.0 Å². The van der Waals surface area contributed by atoms with Gasteiger partial charge in [-0.15, -0.1) is 0 Å². The summed E-state index contributed by atoms with van der Waals surface area (Å²) in [5, 5.41) is 0. The van der Waals surface area contributed by atoms with Gasteiger partial charge in [0.25, 0.3) is 0 Å². The molecule has 1 aromatic carbocycles. The molecule has 0 aliphatic carbocycles. The van der Waals surface area contributed by atoms with Crippen LogP contribution in [0.25, 0.3) is 0 Å². The zero-order valence-electron chi connectivity index (χ0n) is 9.75. The fraction of sp³-hybridized carbons (Fsp3) is 0.333. The third kappa shape index (κ3) is 3.09. The Kier molecular flexibility index (Phi) is 4.11. The first-order valence-electron chi connectivity index (χ1n) is 5.06. The molecule has 0 N–H and O–H groups in total. The standard InChI is InChI=1S/C12H11F3O3/c1-7(11(17)18-2)10(16)8-4-3-5-9(6-8)12(13,14)15/h3-7H,1-2H3. The molecule has 0 heterocycles. The number of rotatable bonds is 3. The van der Waals surface area contributed by atoms with Gasteiger partial charge in [-0.1, -0.05) is 12.1 Å². The van der Waals surface area contributed by atoms with Crippen LogP contribution < -0.4 is 0 Å². The summed E-state index contributed by atoms with van der Waals surface area (Å²) in [5.74, 6) is -2.61. The van der Waals surface area contributed by atoms with Crippen molar-refractivity contribution in [2.24, 2.45) is 5.92 Å². The monoisotopic (exact) mass is 260 g/mol. The Labute approximate surface area is 102 Å². The number of Topliss-reactive ketones (excluding diaryl/α,β-unsaturated/α-hetero) is 1. The predicted molar refractivity (Wildman–Crippen MR) is 57.0 cm³/mol.